The van der Waals surface area contributed by atoms with E-state index in [4.69, 9.17) is 5.11 Å². The maximum absolute atomic E-state index is 11.9. The van der Waals surface area contributed by atoms with Gasteiger partial charge in [-0.1, -0.05) is 0 Å². The number of anilines is 1. The minimum absolute atomic E-state index is 0.0168. The smallest absolute Gasteiger partial charge is 0.328 e. The zero-order valence-electron chi connectivity index (χ0n) is 10.2. The topological polar surface area (TPSA) is 79.3 Å². The lowest BCUT2D eigenvalue weighted by atomic mass is 10.1. The number of carbonyl (C=O) groups is 2. The Kier molecular flexibility index (Phi) is 4.57. The van der Waals surface area contributed by atoms with Gasteiger partial charge in [-0.15, -0.1) is 0 Å². The Morgan fingerprint density at radius 2 is 2.37 bits per heavy atom. The Morgan fingerprint density at radius 1 is 1.53 bits per heavy atom. The van der Waals surface area contributed by atoms with Crippen molar-refractivity contribution in [1.82, 2.24) is 4.98 Å². The van der Waals surface area contributed by atoms with Crippen molar-refractivity contribution in [2.45, 2.75) is 6.42 Å². The predicted octanol–water partition coefficient (Wildman–Crippen LogP) is 1.87. The number of carboxylic acids is 1. The van der Waals surface area contributed by atoms with Gasteiger partial charge in [0.05, 0.1) is 0 Å². The van der Waals surface area contributed by atoms with Gasteiger partial charge in [0.25, 0.3) is 0 Å². The molecule has 100 valence electrons. The first-order chi connectivity index (χ1) is 9.15. The Bertz CT molecular complexity index is 510. The second-order valence-electron chi connectivity index (χ2n) is 4.20. The molecule has 0 bridgehead atoms. The largest absolute Gasteiger partial charge is 0.478 e. The molecule has 1 aliphatic heterocycles. The molecule has 1 atom stereocenters. The summed E-state index contributed by atoms with van der Waals surface area (Å²) < 4.78 is 0. The highest BCUT2D eigenvalue weighted by Gasteiger charge is 2.23. The highest BCUT2D eigenvalue weighted by atomic mass is 32.2. The monoisotopic (exact) mass is 278 g/mol. The SMILES string of the molecule is O=C(O)/C=C/c1ccnc(NC(=O)C2CCSC2)c1. The molecule has 2 heterocycles. The summed E-state index contributed by atoms with van der Waals surface area (Å²) in [5.41, 5.74) is 0.688. The lowest BCUT2D eigenvalue weighted by Gasteiger charge is -2.09. The summed E-state index contributed by atoms with van der Waals surface area (Å²) >= 11 is 1.78. The van der Waals surface area contributed by atoms with Crippen molar-refractivity contribution in [1.29, 1.82) is 0 Å². The molecule has 0 spiro atoms. The third-order valence-electron chi connectivity index (χ3n) is 2.75. The number of nitrogens with one attached hydrogen (secondary N) is 1. The quantitative estimate of drug-likeness (QED) is 0.822. The maximum Gasteiger partial charge on any atom is 0.328 e. The second kappa shape index (κ2) is 6.38. The van der Waals surface area contributed by atoms with Crippen LogP contribution in [0.4, 0.5) is 5.82 Å². The number of aromatic nitrogens is 1. The number of pyridine rings is 1. The summed E-state index contributed by atoms with van der Waals surface area (Å²) in [6, 6.07) is 3.33. The van der Waals surface area contributed by atoms with Gasteiger partial charge in [-0.05, 0) is 35.9 Å². The van der Waals surface area contributed by atoms with Crippen LogP contribution in [0.25, 0.3) is 6.08 Å². The summed E-state index contributed by atoms with van der Waals surface area (Å²) in [5.74, 6) is 1.35. The van der Waals surface area contributed by atoms with Crippen LogP contribution in [-0.4, -0.2) is 33.5 Å². The molecule has 5 nitrogen and oxygen atoms in total. The molecule has 0 aliphatic carbocycles. The van der Waals surface area contributed by atoms with Gasteiger partial charge in [0, 0.05) is 23.9 Å². The first-order valence-corrected chi connectivity index (χ1v) is 7.06. The summed E-state index contributed by atoms with van der Waals surface area (Å²) in [5, 5.41) is 11.3. The summed E-state index contributed by atoms with van der Waals surface area (Å²) in [4.78, 5) is 26.4. The van der Waals surface area contributed by atoms with Gasteiger partial charge in [0.15, 0.2) is 0 Å². The summed E-state index contributed by atoms with van der Waals surface area (Å²) in [6.45, 7) is 0. The number of nitrogens with zero attached hydrogens (tertiary/aromatic N) is 1. The zero-order valence-corrected chi connectivity index (χ0v) is 11.0. The van der Waals surface area contributed by atoms with E-state index in [1.54, 1.807) is 30.1 Å². The molecule has 0 aromatic carbocycles. The van der Waals surface area contributed by atoms with Gasteiger partial charge in [-0.25, -0.2) is 9.78 Å². The van der Waals surface area contributed by atoms with Crippen molar-refractivity contribution in [3.8, 4) is 0 Å². The highest BCUT2D eigenvalue weighted by Crippen LogP contribution is 2.24. The molecule has 1 amide bonds. The number of rotatable bonds is 4. The normalized spacial score (nSPS) is 18.6. The number of amides is 1. The fourth-order valence-electron chi connectivity index (χ4n) is 1.76. The van der Waals surface area contributed by atoms with Crippen LogP contribution in [0.5, 0.6) is 0 Å². The van der Waals surface area contributed by atoms with Gasteiger partial charge in [0.2, 0.25) is 5.91 Å². The molecule has 0 saturated carbocycles. The van der Waals surface area contributed by atoms with Gasteiger partial charge in [-0.3, -0.25) is 4.79 Å². The molecule has 1 fully saturated rings. The Labute approximate surface area is 115 Å². The van der Waals surface area contributed by atoms with E-state index in [0.29, 0.717) is 11.4 Å². The number of carbonyl (C=O) groups excluding carboxylic acids is 1. The van der Waals surface area contributed by atoms with E-state index in [2.05, 4.69) is 10.3 Å². The number of carboxylic acid groups (broad SMARTS) is 1. The average Bonchev–Trinajstić information content (AvgIpc) is 2.91. The maximum atomic E-state index is 11.9. The van der Waals surface area contributed by atoms with Crippen molar-refractivity contribution in [2.24, 2.45) is 5.92 Å². The zero-order chi connectivity index (χ0) is 13.7. The summed E-state index contributed by atoms with van der Waals surface area (Å²) in [7, 11) is 0. The minimum Gasteiger partial charge on any atom is -0.478 e. The van der Waals surface area contributed by atoms with Crippen LogP contribution < -0.4 is 5.32 Å². The molecular formula is C13H14N2O3S. The Morgan fingerprint density at radius 3 is 3.05 bits per heavy atom. The number of thioether (sulfide) groups is 1. The average molecular weight is 278 g/mol. The number of hydrogen-bond donors (Lipinski definition) is 2. The standard InChI is InChI=1S/C13H14N2O3S/c16-12(17)2-1-9-3-5-14-11(7-9)15-13(18)10-4-6-19-8-10/h1-3,5,7,10H,4,6,8H2,(H,16,17)(H,14,15,18)/b2-1+. The van der Waals surface area contributed by atoms with Gasteiger partial charge in [0.1, 0.15) is 5.82 Å². The second-order valence-corrected chi connectivity index (χ2v) is 5.35. The van der Waals surface area contributed by atoms with E-state index in [-0.39, 0.29) is 11.8 Å². The first-order valence-electron chi connectivity index (χ1n) is 5.91. The van der Waals surface area contributed by atoms with Crippen LogP contribution in [0.2, 0.25) is 0 Å². The highest BCUT2D eigenvalue weighted by molar-refractivity contribution is 7.99. The first kappa shape index (κ1) is 13.6. The molecule has 1 saturated heterocycles. The molecule has 1 aromatic rings. The molecule has 2 N–H and O–H groups in total. The van der Waals surface area contributed by atoms with Crippen molar-refractivity contribution in [3.05, 3.63) is 30.0 Å². The predicted molar refractivity (Wildman–Crippen MR) is 75.0 cm³/mol. The fraction of sp³-hybridized carbons (Fsp3) is 0.308. The third-order valence-corrected chi connectivity index (χ3v) is 3.92. The van der Waals surface area contributed by atoms with Gasteiger partial charge >= 0.3 is 5.97 Å². The van der Waals surface area contributed by atoms with Crippen LogP contribution in [-0.2, 0) is 9.59 Å². The summed E-state index contributed by atoms with van der Waals surface area (Å²) in [6.07, 6.45) is 4.95. The van der Waals surface area contributed by atoms with Crippen LogP contribution in [0.1, 0.15) is 12.0 Å². The van der Waals surface area contributed by atoms with Crippen molar-refractivity contribution in [2.75, 3.05) is 16.8 Å². The molecule has 2 rings (SSSR count). The Balaban J connectivity index is 2.02. The van der Waals surface area contributed by atoms with E-state index in [1.165, 1.54) is 6.08 Å². The van der Waals surface area contributed by atoms with Gasteiger partial charge < -0.3 is 10.4 Å². The molecular weight excluding hydrogens is 264 g/mol. The molecule has 1 aliphatic rings. The van der Waals surface area contributed by atoms with E-state index >= 15 is 0 Å². The van der Waals surface area contributed by atoms with Crippen molar-refractivity contribution >= 4 is 35.5 Å². The van der Waals surface area contributed by atoms with E-state index in [9.17, 15) is 9.59 Å². The van der Waals surface area contributed by atoms with Gasteiger partial charge in [-0.2, -0.15) is 11.8 Å². The van der Waals surface area contributed by atoms with Crippen molar-refractivity contribution in [3.63, 3.8) is 0 Å². The molecule has 6 heteroatoms. The van der Waals surface area contributed by atoms with E-state index in [0.717, 1.165) is 24.0 Å². The van der Waals surface area contributed by atoms with E-state index < -0.39 is 5.97 Å². The molecule has 1 unspecified atom stereocenters. The van der Waals surface area contributed by atoms with Crippen LogP contribution in [0.3, 0.4) is 0 Å². The van der Waals surface area contributed by atoms with E-state index in [1.807, 2.05) is 0 Å². The van der Waals surface area contributed by atoms with Crippen LogP contribution in [0.15, 0.2) is 24.4 Å². The third kappa shape index (κ3) is 4.10. The van der Waals surface area contributed by atoms with Crippen LogP contribution >= 0.6 is 11.8 Å². The Hall–Kier alpha value is -1.82. The minimum atomic E-state index is -1.01. The van der Waals surface area contributed by atoms with Crippen LogP contribution in [0, 0.1) is 5.92 Å². The molecule has 1 aromatic heterocycles. The number of hydrogen-bond acceptors (Lipinski definition) is 4. The lowest BCUT2D eigenvalue weighted by Crippen LogP contribution is -2.22. The molecule has 0 radical (unpaired) electrons. The lowest BCUT2D eigenvalue weighted by molar-refractivity contribution is -0.131. The number of aliphatic carboxylic acids is 1. The fourth-order valence-corrected chi connectivity index (χ4v) is 2.98. The van der Waals surface area contributed by atoms with Crippen molar-refractivity contribution < 1.29 is 14.7 Å². The molecule has 19 heavy (non-hydrogen) atoms.